The van der Waals surface area contributed by atoms with Crippen LogP contribution in [0.25, 0.3) is 0 Å². The van der Waals surface area contributed by atoms with E-state index < -0.39 is 6.36 Å². The smallest absolute Gasteiger partial charge is 0.406 e. The van der Waals surface area contributed by atoms with Crippen LogP contribution in [0.1, 0.15) is 41.7 Å². The molecule has 1 aliphatic heterocycles. The number of amides is 1. The summed E-state index contributed by atoms with van der Waals surface area (Å²) in [7, 11) is 0. The van der Waals surface area contributed by atoms with Crippen LogP contribution in [0.4, 0.5) is 13.2 Å². The average Bonchev–Trinajstić information content (AvgIpc) is 3.31. The molecule has 33 heavy (non-hydrogen) atoms. The Hall–Kier alpha value is -2.13. The van der Waals surface area contributed by atoms with Gasteiger partial charge in [0.15, 0.2) is 0 Å². The van der Waals surface area contributed by atoms with Crippen molar-refractivity contribution in [1.82, 2.24) is 14.8 Å². The summed E-state index contributed by atoms with van der Waals surface area (Å²) < 4.78 is 41.9. The molecule has 0 radical (unpaired) electrons. The zero-order valence-corrected chi connectivity index (χ0v) is 19.2. The maximum atomic E-state index is 13.1. The highest BCUT2D eigenvalue weighted by Gasteiger charge is 2.56. The number of nitrogens with zero attached hydrogens (tertiary/aromatic N) is 3. The summed E-state index contributed by atoms with van der Waals surface area (Å²) in [5, 5.41) is 1.72. The molecule has 3 aliphatic rings. The van der Waals surface area contributed by atoms with E-state index in [1.165, 1.54) is 61.8 Å². The molecule has 2 heterocycles. The van der Waals surface area contributed by atoms with Gasteiger partial charge in [0.05, 0.1) is 5.51 Å². The minimum atomic E-state index is -4.75. The molecule has 1 saturated heterocycles. The van der Waals surface area contributed by atoms with E-state index in [4.69, 9.17) is 0 Å². The van der Waals surface area contributed by atoms with Gasteiger partial charge >= 0.3 is 6.36 Å². The maximum Gasteiger partial charge on any atom is 0.573 e. The van der Waals surface area contributed by atoms with E-state index in [1.54, 1.807) is 21.9 Å². The van der Waals surface area contributed by atoms with E-state index in [9.17, 15) is 18.0 Å². The minimum absolute atomic E-state index is 0.175. The van der Waals surface area contributed by atoms with Crippen molar-refractivity contribution in [3.63, 3.8) is 0 Å². The lowest BCUT2D eigenvalue weighted by Gasteiger charge is -2.26. The summed E-state index contributed by atoms with van der Waals surface area (Å²) in [6.45, 7) is 4.23. The number of hydrogen-bond donors (Lipinski definition) is 0. The fraction of sp³-hybridized carbons (Fsp3) is 0.583. The van der Waals surface area contributed by atoms with Crippen molar-refractivity contribution in [3.8, 4) is 5.75 Å². The lowest BCUT2D eigenvalue weighted by Crippen LogP contribution is -2.36. The Kier molecular flexibility index (Phi) is 6.35. The molecule has 2 unspecified atom stereocenters. The summed E-state index contributed by atoms with van der Waals surface area (Å²) in [6.07, 6.45) is 0.670. The highest BCUT2D eigenvalue weighted by molar-refractivity contribution is 7.07. The summed E-state index contributed by atoms with van der Waals surface area (Å²) in [6, 6.07) is 5.87. The number of ether oxygens (including phenoxy) is 1. The third kappa shape index (κ3) is 5.51. The number of likely N-dealkylation sites (tertiary alicyclic amines) is 1. The zero-order chi connectivity index (χ0) is 23.0. The zero-order valence-electron chi connectivity index (χ0n) is 18.3. The molecule has 9 heteroatoms. The fourth-order valence-electron chi connectivity index (χ4n) is 5.73. The normalized spacial score (nSPS) is 25.2. The first-order chi connectivity index (χ1) is 15.9. The number of fused-ring (bicyclic) bond motifs is 1. The van der Waals surface area contributed by atoms with Gasteiger partial charge in [0.2, 0.25) is 0 Å². The molecule has 5 rings (SSSR count). The van der Waals surface area contributed by atoms with Gasteiger partial charge in [-0.2, -0.15) is 0 Å². The predicted molar refractivity (Wildman–Crippen MR) is 119 cm³/mol. The van der Waals surface area contributed by atoms with Crippen molar-refractivity contribution in [1.29, 1.82) is 0 Å². The number of carbonyl (C=O) groups excluding carboxylic acids is 1. The number of piperidine rings is 1. The maximum absolute atomic E-state index is 13.1. The third-order valence-electron chi connectivity index (χ3n) is 7.31. The number of aromatic nitrogens is 1. The van der Waals surface area contributed by atoms with Gasteiger partial charge in [-0.15, -0.1) is 24.5 Å². The molecule has 0 bridgehead atoms. The van der Waals surface area contributed by atoms with Gasteiger partial charge in [-0.1, -0.05) is 25.0 Å². The van der Waals surface area contributed by atoms with Crippen molar-refractivity contribution >= 4 is 17.2 Å². The number of halogens is 3. The number of rotatable bonds is 8. The van der Waals surface area contributed by atoms with Crippen molar-refractivity contribution in [2.75, 3.05) is 26.2 Å². The Morgan fingerprint density at radius 1 is 1.21 bits per heavy atom. The lowest BCUT2D eigenvalue weighted by atomic mass is 10.1. The quantitative estimate of drug-likeness (QED) is 0.532. The Balaban J connectivity index is 1.23. The van der Waals surface area contributed by atoms with E-state index in [1.807, 2.05) is 0 Å². The molecule has 2 aliphatic carbocycles. The lowest BCUT2D eigenvalue weighted by molar-refractivity contribution is -0.274. The van der Waals surface area contributed by atoms with Crippen molar-refractivity contribution in [2.24, 2.45) is 23.7 Å². The molecule has 1 amide bonds. The predicted octanol–water partition coefficient (Wildman–Crippen LogP) is 5.05. The van der Waals surface area contributed by atoms with Gasteiger partial charge in [0.25, 0.3) is 5.91 Å². The van der Waals surface area contributed by atoms with Crippen molar-refractivity contribution < 1.29 is 22.7 Å². The number of hydrogen-bond acceptors (Lipinski definition) is 5. The molecule has 2 saturated carbocycles. The average molecular weight is 480 g/mol. The highest BCUT2D eigenvalue weighted by Crippen LogP contribution is 2.52. The number of carbonyl (C=O) groups is 1. The first-order valence-corrected chi connectivity index (χ1v) is 12.5. The summed E-state index contributed by atoms with van der Waals surface area (Å²) in [5.41, 5.74) is 2.61. The Morgan fingerprint density at radius 2 is 1.97 bits per heavy atom. The van der Waals surface area contributed by atoms with E-state index in [-0.39, 0.29) is 18.2 Å². The summed E-state index contributed by atoms with van der Waals surface area (Å²) in [4.78, 5) is 21.6. The van der Waals surface area contributed by atoms with Crippen LogP contribution in [0, 0.1) is 23.7 Å². The fourth-order valence-corrected chi connectivity index (χ4v) is 6.26. The second-order valence-corrected chi connectivity index (χ2v) is 10.3. The van der Waals surface area contributed by atoms with Crippen LogP contribution in [0.2, 0.25) is 0 Å². The van der Waals surface area contributed by atoms with Crippen LogP contribution in [0.3, 0.4) is 0 Å². The number of benzene rings is 1. The second kappa shape index (κ2) is 9.25. The molecule has 2 atom stereocenters. The van der Waals surface area contributed by atoms with Crippen LogP contribution in [0.15, 0.2) is 35.2 Å². The molecule has 1 aromatic heterocycles. The van der Waals surface area contributed by atoms with Crippen molar-refractivity contribution in [2.45, 2.75) is 38.6 Å². The van der Waals surface area contributed by atoms with Gasteiger partial charge in [0, 0.05) is 38.1 Å². The van der Waals surface area contributed by atoms with Gasteiger partial charge in [0.1, 0.15) is 11.4 Å². The largest absolute Gasteiger partial charge is 0.573 e. The topological polar surface area (TPSA) is 45.7 Å². The Morgan fingerprint density at radius 3 is 2.64 bits per heavy atom. The number of thiazole rings is 1. The highest BCUT2D eigenvalue weighted by atomic mass is 32.1. The van der Waals surface area contributed by atoms with Gasteiger partial charge in [-0.25, -0.2) is 4.98 Å². The van der Waals surface area contributed by atoms with E-state index in [0.717, 1.165) is 19.0 Å². The molecule has 0 spiro atoms. The third-order valence-corrected chi connectivity index (χ3v) is 7.90. The Labute approximate surface area is 195 Å². The SMILES string of the molecule is O=C(c1cscn1)N(Cc1cccc(OC(F)(F)F)c1)CC1C2CN(CC3CCCC3)CC21. The molecule has 3 fully saturated rings. The first-order valence-electron chi connectivity index (χ1n) is 11.6. The van der Waals surface area contributed by atoms with Gasteiger partial charge in [-0.05, 0) is 54.2 Å². The van der Waals surface area contributed by atoms with Crippen LogP contribution >= 0.6 is 11.3 Å². The van der Waals surface area contributed by atoms with Crippen molar-refractivity contribution in [3.05, 3.63) is 46.4 Å². The van der Waals surface area contributed by atoms with Crippen LogP contribution in [0.5, 0.6) is 5.75 Å². The van der Waals surface area contributed by atoms with Gasteiger partial charge in [-0.3, -0.25) is 4.79 Å². The minimum Gasteiger partial charge on any atom is -0.406 e. The van der Waals surface area contributed by atoms with Crippen LogP contribution in [-0.2, 0) is 6.54 Å². The molecule has 178 valence electrons. The molecular weight excluding hydrogens is 451 g/mol. The first kappa shape index (κ1) is 22.7. The standard InChI is InChI=1S/C24H28F3N3O2S/c25-24(26,27)32-18-7-3-6-17(8-18)10-30(23(31)22-14-33-15-28-22)13-21-19-11-29(12-20(19)21)9-16-4-1-2-5-16/h3,6-8,14-16,19-21H,1-2,4-5,9-13H2. The Bertz CT molecular complexity index is 950. The van der Waals surface area contributed by atoms with E-state index in [0.29, 0.717) is 35.6 Å². The second-order valence-electron chi connectivity index (χ2n) is 9.62. The van der Waals surface area contributed by atoms with E-state index >= 15 is 0 Å². The van der Waals surface area contributed by atoms with Gasteiger partial charge < -0.3 is 14.5 Å². The summed E-state index contributed by atoms with van der Waals surface area (Å²) >= 11 is 1.36. The molecule has 1 aromatic carbocycles. The number of alkyl halides is 3. The molecule has 5 nitrogen and oxygen atoms in total. The molecular formula is C24H28F3N3O2S. The monoisotopic (exact) mass is 479 g/mol. The molecule has 0 N–H and O–H groups in total. The summed E-state index contributed by atoms with van der Waals surface area (Å²) in [5.74, 6) is 2.06. The van der Waals surface area contributed by atoms with Crippen LogP contribution in [-0.4, -0.2) is 53.2 Å². The van der Waals surface area contributed by atoms with Crippen LogP contribution < -0.4 is 4.74 Å². The van der Waals surface area contributed by atoms with E-state index in [2.05, 4.69) is 14.6 Å². The molecule has 2 aromatic rings.